The molecule has 1 rings (SSSR count). The second-order valence-electron chi connectivity index (χ2n) is 2.84. The van der Waals surface area contributed by atoms with Crippen LogP contribution in [0.15, 0.2) is 18.5 Å². The summed E-state index contributed by atoms with van der Waals surface area (Å²) in [5, 5.41) is 19.8. The van der Waals surface area contributed by atoms with Gasteiger partial charge in [0, 0.05) is 18.9 Å². The number of nitrogens with one attached hydrogen (secondary N) is 1. The standard InChI is InChI=1S/C9H10N2O4/c12-8(13)1-2-11-7-3-6(9(14)15)4-10-5-7/h3-5,11H,1-2H2,(H,12,13)(H,14,15). The quantitative estimate of drug-likeness (QED) is 0.660. The monoisotopic (exact) mass is 210 g/mol. The van der Waals surface area contributed by atoms with E-state index in [2.05, 4.69) is 10.3 Å². The highest BCUT2D eigenvalue weighted by Crippen LogP contribution is 2.07. The summed E-state index contributed by atoms with van der Waals surface area (Å²) in [5.74, 6) is -1.98. The minimum absolute atomic E-state index is 0.0305. The van der Waals surface area contributed by atoms with Crippen LogP contribution in [0.1, 0.15) is 16.8 Å². The average Bonchev–Trinajstić information content (AvgIpc) is 2.17. The fourth-order valence-corrected chi connectivity index (χ4v) is 0.967. The number of carboxylic acid groups (broad SMARTS) is 2. The van der Waals surface area contributed by atoms with Gasteiger partial charge in [0.2, 0.25) is 0 Å². The molecule has 0 aromatic carbocycles. The van der Waals surface area contributed by atoms with Crippen LogP contribution in [0.5, 0.6) is 0 Å². The molecule has 80 valence electrons. The minimum atomic E-state index is -1.07. The van der Waals surface area contributed by atoms with E-state index in [0.29, 0.717) is 5.69 Å². The van der Waals surface area contributed by atoms with Crippen LogP contribution in [0.4, 0.5) is 5.69 Å². The van der Waals surface area contributed by atoms with Gasteiger partial charge in [0.15, 0.2) is 0 Å². The molecular formula is C9H10N2O4. The number of hydrogen-bond donors (Lipinski definition) is 3. The van der Waals surface area contributed by atoms with Gasteiger partial charge in [0.05, 0.1) is 17.7 Å². The summed E-state index contributed by atoms with van der Waals surface area (Å²) in [6.07, 6.45) is 2.64. The smallest absolute Gasteiger partial charge is 0.337 e. The van der Waals surface area contributed by atoms with Crippen molar-refractivity contribution in [2.75, 3.05) is 11.9 Å². The van der Waals surface area contributed by atoms with Crippen LogP contribution >= 0.6 is 0 Å². The predicted molar refractivity (Wildman–Crippen MR) is 51.9 cm³/mol. The van der Waals surface area contributed by atoms with Crippen LogP contribution in [0.3, 0.4) is 0 Å². The van der Waals surface area contributed by atoms with E-state index in [4.69, 9.17) is 10.2 Å². The lowest BCUT2D eigenvalue weighted by Gasteiger charge is -2.04. The molecule has 1 aromatic rings. The van der Waals surface area contributed by atoms with Crippen LogP contribution in [-0.4, -0.2) is 33.7 Å². The Balaban J connectivity index is 2.58. The van der Waals surface area contributed by atoms with Crippen LogP contribution in [0.25, 0.3) is 0 Å². The first-order valence-corrected chi connectivity index (χ1v) is 4.23. The van der Waals surface area contributed by atoms with Gasteiger partial charge in [-0.05, 0) is 6.07 Å². The molecule has 0 amide bonds. The normalized spacial score (nSPS) is 9.60. The number of pyridine rings is 1. The van der Waals surface area contributed by atoms with Crippen LogP contribution in [-0.2, 0) is 4.79 Å². The summed E-state index contributed by atoms with van der Waals surface area (Å²) in [6.45, 7) is 0.236. The van der Waals surface area contributed by atoms with Gasteiger partial charge in [-0.2, -0.15) is 0 Å². The first kappa shape index (κ1) is 11.0. The summed E-state index contributed by atoms with van der Waals surface area (Å²) in [7, 11) is 0. The molecule has 0 spiro atoms. The number of aromatic nitrogens is 1. The number of aliphatic carboxylic acids is 1. The second kappa shape index (κ2) is 4.94. The molecule has 1 aromatic heterocycles. The van der Waals surface area contributed by atoms with E-state index in [1.807, 2.05) is 0 Å². The Morgan fingerprint density at radius 1 is 1.33 bits per heavy atom. The first-order valence-electron chi connectivity index (χ1n) is 4.23. The summed E-state index contributed by atoms with van der Waals surface area (Å²) in [4.78, 5) is 24.5. The molecule has 15 heavy (non-hydrogen) atoms. The van der Waals surface area contributed by atoms with E-state index < -0.39 is 11.9 Å². The molecule has 0 aliphatic rings. The fraction of sp³-hybridized carbons (Fsp3) is 0.222. The Labute approximate surface area is 85.6 Å². The Kier molecular flexibility index (Phi) is 3.61. The Morgan fingerprint density at radius 3 is 2.67 bits per heavy atom. The molecule has 0 fully saturated rings. The van der Waals surface area contributed by atoms with Gasteiger partial charge >= 0.3 is 11.9 Å². The summed E-state index contributed by atoms with van der Waals surface area (Å²) >= 11 is 0. The second-order valence-corrected chi connectivity index (χ2v) is 2.84. The largest absolute Gasteiger partial charge is 0.481 e. The van der Waals surface area contributed by atoms with Crippen molar-refractivity contribution in [2.45, 2.75) is 6.42 Å². The van der Waals surface area contributed by atoms with Crippen molar-refractivity contribution in [2.24, 2.45) is 0 Å². The molecule has 3 N–H and O–H groups in total. The van der Waals surface area contributed by atoms with Gasteiger partial charge in [-0.1, -0.05) is 0 Å². The lowest BCUT2D eigenvalue weighted by molar-refractivity contribution is -0.136. The van der Waals surface area contributed by atoms with Crippen molar-refractivity contribution in [3.63, 3.8) is 0 Å². The van der Waals surface area contributed by atoms with E-state index in [1.165, 1.54) is 18.5 Å². The van der Waals surface area contributed by atoms with Crippen molar-refractivity contribution in [3.8, 4) is 0 Å². The van der Waals surface area contributed by atoms with Crippen LogP contribution < -0.4 is 5.32 Å². The van der Waals surface area contributed by atoms with Crippen molar-refractivity contribution >= 4 is 17.6 Å². The van der Waals surface area contributed by atoms with Gasteiger partial charge in [-0.3, -0.25) is 9.78 Å². The van der Waals surface area contributed by atoms with Gasteiger partial charge < -0.3 is 15.5 Å². The number of anilines is 1. The average molecular weight is 210 g/mol. The highest BCUT2D eigenvalue weighted by Gasteiger charge is 2.04. The van der Waals surface area contributed by atoms with E-state index >= 15 is 0 Å². The number of carbonyl (C=O) groups is 2. The Morgan fingerprint density at radius 2 is 2.07 bits per heavy atom. The lowest BCUT2D eigenvalue weighted by atomic mass is 10.2. The van der Waals surface area contributed by atoms with Crippen molar-refractivity contribution in [3.05, 3.63) is 24.0 Å². The van der Waals surface area contributed by atoms with Crippen LogP contribution in [0.2, 0.25) is 0 Å². The highest BCUT2D eigenvalue weighted by atomic mass is 16.4. The summed E-state index contributed by atoms with van der Waals surface area (Å²) in [5.41, 5.74) is 0.562. The van der Waals surface area contributed by atoms with Crippen molar-refractivity contribution in [1.29, 1.82) is 0 Å². The third kappa shape index (κ3) is 3.63. The molecule has 1 heterocycles. The lowest BCUT2D eigenvalue weighted by Crippen LogP contribution is -2.08. The molecular weight excluding hydrogens is 200 g/mol. The zero-order chi connectivity index (χ0) is 11.3. The van der Waals surface area contributed by atoms with Crippen molar-refractivity contribution in [1.82, 2.24) is 4.98 Å². The maximum Gasteiger partial charge on any atom is 0.337 e. The minimum Gasteiger partial charge on any atom is -0.481 e. The molecule has 6 nitrogen and oxygen atoms in total. The number of carboxylic acids is 2. The molecule has 0 atom stereocenters. The SMILES string of the molecule is O=C(O)CCNc1cncc(C(=O)O)c1. The predicted octanol–water partition coefficient (Wildman–Crippen LogP) is 0.666. The molecule has 0 saturated heterocycles. The molecule has 0 radical (unpaired) electrons. The maximum absolute atomic E-state index is 10.6. The van der Waals surface area contributed by atoms with E-state index in [9.17, 15) is 9.59 Å². The number of aromatic carboxylic acids is 1. The zero-order valence-electron chi connectivity index (χ0n) is 7.80. The number of hydrogen-bond acceptors (Lipinski definition) is 4. The molecule has 0 aliphatic carbocycles. The number of nitrogens with zero attached hydrogens (tertiary/aromatic N) is 1. The Hall–Kier alpha value is -2.11. The molecule has 0 bridgehead atoms. The maximum atomic E-state index is 10.6. The topological polar surface area (TPSA) is 99.5 Å². The molecule has 6 heteroatoms. The van der Waals surface area contributed by atoms with E-state index in [0.717, 1.165) is 0 Å². The molecule has 0 aliphatic heterocycles. The van der Waals surface area contributed by atoms with E-state index in [1.54, 1.807) is 0 Å². The highest BCUT2D eigenvalue weighted by molar-refractivity contribution is 5.88. The third-order valence-corrected chi connectivity index (χ3v) is 1.65. The molecule has 0 unspecified atom stereocenters. The summed E-state index contributed by atoms with van der Waals surface area (Å²) < 4.78 is 0. The fourth-order valence-electron chi connectivity index (χ4n) is 0.967. The van der Waals surface area contributed by atoms with Gasteiger partial charge in [0.1, 0.15) is 0 Å². The van der Waals surface area contributed by atoms with E-state index in [-0.39, 0.29) is 18.5 Å². The Bertz CT molecular complexity index is 378. The molecule has 0 saturated carbocycles. The zero-order valence-corrected chi connectivity index (χ0v) is 7.80. The van der Waals surface area contributed by atoms with Gasteiger partial charge in [-0.15, -0.1) is 0 Å². The first-order chi connectivity index (χ1) is 7.09. The van der Waals surface area contributed by atoms with Gasteiger partial charge in [-0.25, -0.2) is 4.79 Å². The van der Waals surface area contributed by atoms with Crippen LogP contribution in [0, 0.1) is 0 Å². The summed E-state index contributed by atoms with van der Waals surface area (Å²) in [6, 6.07) is 1.40. The third-order valence-electron chi connectivity index (χ3n) is 1.65. The van der Waals surface area contributed by atoms with Crippen molar-refractivity contribution < 1.29 is 19.8 Å². The van der Waals surface area contributed by atoms with Gasteiger partial charge in [0.25, 0.3) is 0 Å². The number of rotatable bonds is 5.